The Morgan fingerprint density at radius 1 is 0.800 bits per heavy atom. The quantitative estimate of drug-likeness (QED) is 0.315. The molecule has 0 aromatic heterocycles. The zero-order chi connectivity index (χ0) is 21.6. The van der Waals surface area contributed by atoms with E-state index in [9.17, 15) is 8.42 Å². The molecule has 4 rings (SSSR count). The predicted molar refractivity (Wildman–Crippen MR) is 125 cm³/mol. The number of methoxy groups -OCH3 is 1. The summed E-state index contributed by atoms with van der Waals surface area (Å²) in [6, 6.07) is 17.6. The minimum Gasteiger partial charge on any atom is -0.496 e. The molecule has 0 heterocycles. The van der Waals surface area contributed by atoms with Crippen LogP contribution in [0.3, 0.4) is 0 Å². The highest BCUT2D eigenvalue weighted by Crippen LogP contribution is 2.47. The van der Waals surface area contributed by atoms with E-state index >= 15 is 0 Å². The molecule has 0 radical (unpaired) electrons. The smallest absolute Gasteiger partial charge is 0.297 e. The summed E-state index contributed by atoms with van der Waals surface area (Å²) in [5.41, 5.74) is 2.89. The van der Waals surface area contributed by atoms with Gasteiger partial charge in [-0.1, -0.05) is 52.3 Å². The Hall–Kier alpha value is -2.41. The van der Waals surface area contributed by atoms with Gasteiger partial charge in [-0.25, -0.2) is 0 Å². The molecule has 154 valence electrons. The summed E-state index contributed by atoms with van der Waals surface area (Å²) < 4.78 is 37.9. The number of fused-ring (bicyclic) bond motifs is 2. The van der Waals surface area contributed by atoms with Crippen LogP contribution in [-0.2, 0) is 14.3 Å². The Balaban J connectivity index is 2.34. The highest BCUT2D eigenvalue weighted by Gasteiger charge is 2.28. The number of ether oxygens (including phenoxy) is 1. The van der Waals surface area contributed by atoms with Gasteiger partial charge in [0.15, 0.2) is 0 Å². The van der Waals surface area contributed by atoms with E-state index < -0.39 is 10.1 Å². The third-order valence-electron chi connectivity index (χ3n) is 5.35. The molecule has 0 spiro atoms. The lowest BCUT2D eigenvalue weighted by atomic mass is 9.90. The van der Waals surface area contributed by atoms with Gasteiger partial charge in [0.2, 0.25) is 0 Å². The van der Waals surface area contributed by atoms with Crippen LogP contribution >= 0.6 is 15.9 Å². The summed E-state index contributed by atoms with van der Waals surface area (Å²) in [6.45, 7) is 3.76. The Kier molecular flexibility index (Phi) is 5.34. The molecule has 0 unspecified atom stereocenters. The van der Waals surface area contributed by atoms with E-state index in [-0.39, 0.29) is 4.90 Å². The maximum absolute atomic E-state index is 13.1. The van der Waals surface area contributed by atoms with Gasteiger partial charge in [-0.2, -0.15) is 8.42 Å². The van der Waals surface area contributed by atoms with Crippen molar-refractivity contribution in [3.8, 4) is 16.9 Å². The molecule has 4 aromatic carbocycles. The van der Waals surface area contributed by atoms with Gasteiger partial charge in [-0.3, -0.25) is 4.18 Å². The highest BCUT2D eigenvalue weighted by molar-refractivity contribution is 9.10. The van der Waals surface area contributed by atoms with Crippen LogP contribution in [0.25, 0.3) is 32.7 Å². The molecule has 0 aliphatic rings. The zero-order valence-electron chi connectivity index (χ0n) is 17.1. The number of benzene rings is 4. The van der Waals surface area contributed by atoms with Gasteiger partial charge in [0, 0.05) is 15.6 Å². The third kappa shape index (κ3) is 3.29. The molecule has 4 aromatic rings. The van der Waals surface area contributed by atoms with Crippen molar-refractivity contribution in [3.63, 3.8) is 0 Å². The largest absolute Gasteiger partial charge is 0.496 e. The van der Waals surface area contributed by atoms with Gasteiger partial charge in [-0.05, 0) is 64.7 Å². The average Bonchev–Trinajstić information content (AvgIpc) is 2.71. The maximum atomic E-state index is 13.1. The Labute approximate surface area is 184 Å². The molecule has 0 fully saturated rings. The highest BCUT2D eigenvalue weighted by atomic mass is 79.9. The second-order valence-electron chi connectivity index (χ2n) is 7.21. The average molecular weight is 485 g/mol. The van der Waals surface area contributed by atoms with Crippen molar-refractivity contribution in [2.45, 2.75) is 18.7 Å². The molecule has 0 bridgehead atoms. The lowest BCUT2D eigenvalue weighted by Gasteiger charge is -2.21. The summed E-state index contributed by atoms with van der Waals surface area (Å²) in [4.78, 5) is 0.164. The van der Waals surface area contributed by atoms with Crippen LogP contribution in [0.2, 0.25) is 0 Å². The number of rotatable bonds is 4. The second kappa shape index (κ2) is 7.69. The molecule has 0 amide bonds. The topological polar surface area (TPSA) is 52.6 Å². The standard InChI is InChI=1S/C24H21BrO4S/c1-14-11-17-13-18(25)9-10-20(17)21(23(14)28-3)22-19-8-6-5-7-16(19)12-15(2)24(22)30(26,27)29-4/h5-13H,1-4H3. The molecule has 4 nitrogen and oxygen atoms in total. The molecular weight excluding hydrogens is 464 g/mol. The van der Waals surface area contributed by atoms with Crippen molar-refractivity contribution < 1.29 is 17.3 Å². The molecule has 0 saturated carbocycles. The molecule has 30 heavy (non-hydrogen) atoms. The Bertz CT molecular complexity index is 1410. The van der Waals surface area contributed by atoms with Crippen molar-refractivity contribution in [1.82, 2.24) is 0 Å². The van der Waals surface area contributed by atoms with Gasteiger partial charge >= 0.3 is 0 Å². The van der Waals surface area contributed by atoms with Crippen molar-refractivity contribution in [2.24, 2.45) is 0 Å². The minimum atomic E-state index is -3.98. The van der Waals surface area contributed by atoms with Crippen LogP contribution in [0.15, 0.2) is 64.0 Å². The van der Waals surface area contributed by atoms with Gasteiger partial charge < -0.3 is 4.74 Å². The molecule has 0 atom stereocenters. The van der Waals surface area contributed by atoms with Crippen molar-refractivity contribution in [3.05, 3.63) is 70.2 Å². The van der Waals surface area contributed by atoms with Gasteiger partial charge in [-0.15, -0.1) is 0 Å². The predicted octanol–water partition coefficient (Wildman–Crippen LogP) is 6.38. The first kappa shape index (κ1) is 20.8. The fourth-order valence-electron chi connectivity index (χ4n) is 4.13. The summed E-state index contributed by atoms with van der Waals surface area (Å²) in [5.74, 6) is 0.646. The molecule has 0 aliphatic heterocycles. The Morgan fingerprint density at radius 2 is 1.47 bits per heavy atom. The van der Waals surface area contributed by atoms with E-state index in [1.807, 2.05) is 61.5 Å². The van der Waals surface area contributed by atoms with Crippen LogP contribution in [-0.4, -0.2) is 22.6 Å². The van der Waals surface area contributed by atoms with E-state index in [0.29, 0.717) is 16.9 Å². The molecule has 0 aliphatic carbocycles. The van der Waals surface area contributed by atoms with Gasteiger partial charge in [0.1, 0.15) is 10.6 Å². The van der Waals surface area contributed by atoms with E-state index in [1.54, 1.807) is 14.0 Å². The number of hydrogen-bond donors (Lipinski definition) is 0. The van der Waals surface area contributed by atoms with Crippen molar-refractivity contribution in [1.29, 1.82) is 0 Å². The molecule has 0 saturated heterocycles. The van der Waals surface area contributed by atoms with Crippen LogP contribution in [0.4, 0.5) is 0 Å². The minimum absolute atomic E-state index is 0.164. The first-order valence-corrected chi connectivity index (χ1v) is 11.6. The van der Waals surface area contributed by atoms with Crippen LogP contribution in [0.5, 0.6) is 5.75 Å². The summed E-state index contributed by atoms with van der Waals surface area (Å²) >= 11 is 3.54. The number of hydrogen-bond acceptors (Lipinski definition) is 4. The molecule has 6 heteroatoms. The first-order valence-electron chi connectivity index (χ1n) is 9.38. The number of aryl methyl sites for hydroxylation is 2. The maximum Gasteiger partial charge on any atom is 0.297 e. The van der Waals surface area contributed by atoms with Crippen LogP contribution < -0.4 is 4.74 Å². The fourth-order valence-corrected chi connectivity index (χ4v) is 5.59. The SMILES string of the molecule is COc1c(C)cc2cc(Br)ccc2c1-c1c(S(=O)(=O)OC)c(C)cc2ccccc12. The third-order valence-corrected chi connectivity index (χ3v) is 7.31. The van der Waals surface area contributed by atoms with Gasteiger partial charge in [0.25, 0.3) is 10.1 Å². The number of halogens is 1. The van der Waals surface area contributed by atoms with E-state index in [2.05, 4.69) is 15.9 Å². The first-order chi connectivity index (χ1) is 14.3. The zero-order valence-corrected chi connectivity index (χ0v) is 19.5. The lowest BCUT2D eigenvalue weighted by molar-refractivity contribution is 0.397. The van der Waals surface area contributed by atoms with Crippen molar-refractivity contribution >= 4 is 47.6 Å². The van der Waals surface area contributed by atoms with E-state index in [4.69, 9.17) is 8.92 Å². The van der Waals surface area contributed by atoms with E-state index in [1.165, 1.54) is 7.11 Å². The lowest BCUT2D eigenvalue weighted by Crippen LogP contribution is -2.08. The monoisotopic (exact) mass is 484 g/mol. The summed E-state index contributed by atoms with van der Waals surface area (Å²) in [5, 5.41) is 3.67. The second-order valence-corrected chi connectivity index (χ2v) is 9.77. The van der Waals surface area contributed by atoms with E-state index in [0.717, 1.165) is 37.1 Å². The Morgan fingerprint density at radius 3 is 2.17 bits per heavy atom. The summed E-state index contributed by atoms with van der Waals surface area (Å²) in [7, 11) is -1.18. The van der Waals surface area contributed by atoms with Crippen LogP contribution in [0.1, 0.15) is 11.1 Å². The molecular formula is C24H21BrO4S. The van der Waals surface area contributed by atoms with Gasteiger partial charge in [0.05, 0.1) is 14.2 Å². The summed E-state index contributed by atoms with van der Waals surface area (Å²) in [6.07, 6.45) is 0. The van der Waals surface area contributed by atoms with Crippen molar-refractivity contribution in [2.75, 3.05) is 14.2 Å². The normalized spacial score (nSPS) is 11.9. The molecule has 0 N–H and O–H groups in total. The van der Waals surface area contributed by atoms with Crippen LogP contribution in [0, 0.1) is 13.8 Å². The fraction of sp³-hybridized carbons (Fsp3) is 0.167.